The molecule has 0 N–H and O–H groups in total. The number of carbonyl (C=O) groups excluding carboxylic acids is 1. The van der Waals surface area contributed by atoms with E-state index in [9.17, 15) is 10.1 Å². The molecule has 1 amide bonds. The average Bonchev–Trinajstić information content (AvgIpc) is 3.44. The molecule has 2 aliphatic rings. The highest BCUT2D eigenvalue weighted by Gasteiger charge is 2.61. The molecular formula is C23H23N5O. The number of nitrogens with zero attached hydrogens (tertiary/aromatic N) is 5. The van der Waals surface area contributed by atoms with Gasteiger partial charge in [0.05, 0.1) is 17.3 Å². The fourth-order valence-electron chi connectivity index (χ4n) is 4.70. The van der Waals surface area contributed by atoms with Crippen molar-refractivity contribution in [2.75, 3.05) is 11.4 Å². The third-order valence-electron chi connectivity index (χ3n) is 6.54. The second kappa shape index (κ2) is 6.41. The molecule has 1 saturated carbocycles. The van der Waals surface area contributed by atoms with Gasteiger partial charge >= 0.3 is 0 Å². The highest BCUT2D eigenvalue weighted by molar-refractivity contribution is 6.05. The topological polar surface area (TPSA) is 74.3 Å². The summed E-state index contributed by atoms with van der Waals surface area (Å²) in [5, 5.41) is 14.4. The first-order chi connectivity index (χ1) is 14.1. The van der Waals surface area contributed by atoms with Crippen molar-refractivity contribution in [3.8, 4) is 17.2 Å². The molecule has 29 heavy (non-hydrogen) atoms. The van der Waals surface area contributed by atoms with Gasteiger partial charge in [0, 0.05) is 47.9 Å². The molecule has 2 atom stereocenters. The number of nitriles is 1. The lowest BCUT2D eigenvalue weighted by Crippen LogP contribution is -2.37. The van der Waals surface area contributed by atoms with Gasteiger partial charge in [0.25, 0.3) is 0 Å². The summed E-state index contributed by atoms with van der Waals surface area (Å²) in [4.78, 5) is 19.7. The fourth-order valence-corrected chi connectivity index (χ4v) is 4.70. The summed E-state index contributed by atoms with van der Waals surface area (Å²) in [7, 11) is 0. The highest BCUT2D eigenvalue weighted by Crippen LogP contribution is 2.54. The van der Waals surface area contributed by atoms with E-state index in [1.165, 1.54) is 0 Å². The van der Waals surface area contributed by atoms with Gasteiger partial charge in [-0.05, 0) is 43.4 Å². The molecule has 6 nitrogen and oxygen atoms in total. The molecule has 4 heterocycles. The van der Waals surface area contributed by atoms with Gasteiger partial charge < -0.3 is 4.90 Å². The van der Waals surface area contributed by atoms with Crippen LogP contribution < -0.4 is 4.90 Å². The van der Waals surface area contributed by atoms with Crippen molar-refractivity contribution < 1.29 is 4.79 Å². The van der Waals surface area contributed by atoms with Crippen LogP contribution in [0.4, 0.5) is 5.69 Å². The summed E-state index contributed by atoms with van der Waals surface area (Å²) >= 11 is 0. The zero-order valence-corrected chi connectivity index (χ0v) is 16.7. The first-order valence-corrected chi connectivity index (χ1v) is 10.2. The van der Waals surface area contributed by atoms with Gasteiger partial charge in [0.15, 0.2) is 0 Å². The van der Waals surface area contributed by atoms with E-state index in [1.54, 1.807) is 15.6 Å². The zero-order valence-electron chi connectivity index (χ0n) is 16.7. The van der Waals surface area contributed by atoms with Crippen LogP contribution in [0, 0.1) is 28.6 Å². The van der Waals surface area contributed by atoms with Gasteiger partial charge in [-0.2, -0.15) is 10.4 Å². The van der Waals surface area contributed by atoms with Crippen LogP contribution in [0.15, 0.2) is 42.9 Å². The van der Waals surface area contributed by atoms with E-state index >= 15 is 0 Å². The lowest BCUT2D eigenvalue weighted by atomic mass is 9.75. The van der Waals surface area contributed by atoms with Gasteiger partial charge in [-0.3, -0.25) is 9.78 Å². The summed E-state index contributed by atoms with van der Waals surface area (Å²) in [6, 6.07) is 10.4. The SMILES string of the molecule is CCc1ccc(-c2cc3c(N4C[C@@H](C)[C@@](C#N)(C5CC5)C4=O)ccnn3c2)cn1. The molecule has 3 aromatic heterocycles. The van der Waals surface area contributed by atoms with Crippen LogP contribution in [0.1, 0.15) is 32.4 Å². The van der Waals surface area contributed by atoms with Crippen LogP contribution >= 0.6 is 0 Å². The van der Waals surface area contributed by atoms with Gasteiger partial charge in [-0.15, -0.1) is 0 Å². The Morgan fingerprint density at radius 3 is 2.76 bits per heavy atom. The minimum atomic E-state index is -0.879. The number of carbonyl (C=O) groups is 1. The van der Waals surface area contributed by atoms with Crippen molar-refractivity contribution >= 4 is 17.1 Å². The number of hydrogen-bond donors (Lipinski definition) is 0. The van der Waals surface area contributed by atoms with Crippen molar-refractivity contribution in [2.24, 2.45) is 17.3 Å². The van der Waals surface area contributed by atoms with Crippen LogP contribution in [0.5, 0.6) is 0 Å². The summed E-state index contributed by atoms with van der Waals surface area (Å²) < 4.78 is 1.81. The Labute approximate surface area is 169 Å². The van der Waals surface area contributed by atoms with Crippen LogP contribution in [-0.2, 0) is 11.2 Å². The number of aryl methyl sites for hydroxylation is 1. The largest absolute Gasteiger partial charge is 0.309 e. The highest BCUT2D eigenvalue weighted by atomic mass is 16.2. The molecule has 0 bridgehead atoms. The monoisotopic (exact) mass is 385 g/mol. The lowest BCUT2D eigenvalue weighted by Gasteiger charge is -2.23. The maximum absolute atomic E-state index is 13.4. The van der Waals surface area contributed by atoms with Crippen molar-refractivity contribution in [2.45, 2.75) is 33.1 Å². The van der Waals surface area contributed by atoms with Crippen molar-refractivity contribution in [3.05, 3.63) is 48.5 Å². The van der Waals surface area contributed by atoms with E-state index in [0.29, 0.717) is 6.54 Å². The van der Waals surface area contributed by atoms with Crippen LogP contribution in [0.2, 0.25) is 0 Å². The molecule has 5 rings (SSSR count). The summed E-state index contributed by atoms with van der Waals surface area (Å²) in [6.07, 6.45) is 8.40. The minimum Gasteiger partial charge on any atom is -0.309 e. The summed E-state index contributed by atoms with van der Waals surface area (Å²) in [5.74, 6) is 0.157. The maximum Gasteiger partial charge on any atom is 0.248 e. The molecular weight excluding hydrogens is 362 g/mol. The van der Waals surface area contributed by atoms with Gasteiger partial charge in [-0.25, -0.2) is 4.52 Å². The fraction of sp³-hybridized carbons (Fsp3) is 0.391. The molecule has 1 aliphatic carbocycles. The Balaban J connectivity index is 1.57. The van der Waals surface area contributed by atoms with Gasteiger partial charge in [0.1, 0.15) is 5.41 Å². The van der Waals surface area contributed by atoms with E-state index in [4.69, 9.17) is 0 Å². The van der Waals surface area contributed by atoms with Crippen LogP contribution in [0.3, 0.4) is 0 Å². The van der Waals surface area contributed by atoms with Crippen molar-refractivity contribution in [3.63, 3.8) is 0 Å². The third-order valence-corrected chi connectivity index (χ3v) is 6.54. The number of fused-ring (bicyclic) bond motifs is 1. The number of hydrogen-bond acceptors (Lipinski definition) is 4. The Bertz CT molecular complexity index is 1140. The number of rotatable bonds is 4. The normalized spacial score (nSPS) is 24.2. The van der Waals surface area contributed by atoms with E-state index in [1.807, 2.05) is 37.5 Å². The second-order valence-corrected chi connectivity index (χ2v) is 8.24. The number of aromatic nitrogens is 3. The van der Waals surface area contributed by atoms with Gasteiger partial charge in [0.2, 0.25) is 5.91 Å². The smallest absolute Gasteiger partial charge is 0.248 e. The predicted molar refractivity (Wildman–Crippen MR) is 110 cm³/mol. The molecule has 146 valence electrons. The Morgan fingerprint density at radius 2 is 2.10 bits per heavy atom. The lowest BCUT2D eigenvalue weighted by molar-refractivity contribution is -0.124. The maximum atomic E-state index is 13.4. The second-order valence-electron chi connectivity index (χ2n) is 8.24. The molecule has 3 aromatic rings. The molecule has 0 unspecified atom stereocenters. The summed E-state index contributed by atoms with van der Waals surface area (Å²) in [6.45, 7) is 4.68. The van der Waals surface area contributed by atoms with E-state index < -0.39 is 5.41 Å². The third kappa shape index (κ3) is 2.57. The quantitative estimate of drug-likeness (QED) is 0.683. The van der Waals surface area contributed by atoms with Gasteiger partial charge in [-0.1, -0.05) is 19.9 Å². The van der Waals surface area contributed by atoms with E-state index in [0.717, 1.165) is 47.3 Å². The molecule has 2 fully saturated rings. The zero-order chi connectivity index (χ0) is 20.2. The first-order valence-electron chi connectivity index (χ1n) is 10.2. The van der Waals surface area contributed by atoms with E-state index in [-0.39, 0.29) is 17.7 Å². The minimum absolute atomic E-state index is 0.0148. The number of amides is 1. The standard InChI is InChI=1S/C23H23N5O/c1-3-19-7-4-16(11-25-19)17-10-21-20(8-9-26-28(21)13-17)27-12-15(2)23(14-24,22(27)29)18-5-6-18/h4,7-11,13,15,18H,3,5-6,12H2,1-2H3/t15-,23+/m1/s1. The molecule has 1 saturated heterocycles. The molecule has 0 radical (unpaired) electrons. The van der Waals surface area contributed by atoms with Crippen LogP contribution in [0.25, 0.3) is 16.6 Å². The van der Waals surface area contributed by atoms with E-state index in [2.05, 4.69) is 29.1 Å². The molecule has 6 heteroatoms. The van der Waals surface area contributed by atoms with Crippen molar-refractivity contribution in [1.82, 2.24) is 14.6 Å². The Hall–Kier alpha value is -3.20. The predicted octanol–water partition coefficient (Wildman–Crippen LogP) is 3.86. The molecule has 1 aliphatic heterocycles. The summed E-state index contributed by atoms with van der Waals surface area (Å²) in [5.41, 5.74) is 3.89. The Morgan fingerprint density at radius 1 is 1.28 bits per heavy atom. The molecule has 0 aromatic carbocycles. The average molecular weight is 385 g/mol. The van der Waals surface area contributed by atoms with Crippen molar-refractivity contribution in [1.29, 1.82) is 5.26 Å². The molecule has 0 spiro atoms. The number of pyridine rings is 1. The van der Waals surface area contributed by atoms with Crippen LogP contribution in [-0.4, -0.2) is 27.0 Å². The number of anilines is 1. The Kier molecular flexibility index (Phi) is 3.95. The first kappa shape index (κ1) is 17.9.